The van der Waals surface area contributed by atoms with E-state index in [-0.39, 0.29) is 49.2 Å². The van der Waals surface area contributed by atoms with Gasteiger partial charge in [-0.25, -0.2) is 0 Å². The smallest absolute Gasteiger partial charge is 0.406 e. The average Bonchev–Trinajstić information content (AvgIpc) is 3.35. The molecular weight excluding hydrogens is 918 g/mol. The monoisotopic (exact) mass is 974 g/mol. The molecule has 8 rings (SSSR count). The van der Waals surface area contributed by atoms with Gasteiger partial charge in [0.25, 0.3) is 0 Å². The number of halogens is 3. The first-order valence-corrected chi connectivity index (χ1v) is 23.6. The molecule has 2 aromatic heterocycles. The Morgan fingerprint density at radius 2 is 0.972 bits per heavy atom. The molecule has 372 valence electrons. The number of hydrogen-bond donors (Lipinski definition) is 4. The Hall–Kier alpha value is -7.45. The van der Waals surface area contributed by atoms with Gasteiger partial charge in [0.1, 0.15) is 17.4 Å². The second-order valence-corrected chi connectivity index (χ2v) is 17.5. The van der Waals surface area contributed by atoms with Gasteiger partial charge in [0.05, 0.1) is 25.4 Å². The third kappa shape index (κ3) is 14.3. The molecule has 0 bridgehead atoms. The highest BCUT2D eigenvalue weighted by Gasteiger charge is 2.31. The second kappa shape index (κ2) is 23.0. The van der Waals surface area contributed by atoms with Gasteiger partial charge in [-0.15, -0.1) is 13.2 Å². The molecule has 2 aliphatic heterocycles. The predicted octanol–water partition coefficient (Wildman–Crippen LogP) is 9.40. The van der Waals surface area contributed by atoms with Crippen LogP contribution >= 0.6 is 0 Å². The molecule has 4 heterocycles. The minimum absolute atomic E-state index is 0.0435. The first kappa shape index (κ1) is 50.0. The Kier molecular flexibility index (Phi) is 16.2. The number of nitrogens with one attached hydrogen (secondary N) is 4. The number of carbonyl (C=O) groups is 2. The van der Waals surface area contributed by atoms with Crippen molar-refractivity contribution in [2.75, 3.05) is 57.2 Å². The summed E-state index contributed by atoms with van der Waals surface area (Å²) < 4.78 is 53.7. The Morgan fingerprint density at radius 3 is 1.41 bits per heavy atom. The Bertz CT molecular complexity index is 2770. The standard InChI is InChI=1S/C51H57F3N12O5/c1-32-41(12-8-14-43(32)61-47-55-34(3)57-49(63-47)65-26-22-38(23-27-65)69-30-36-10-6-5-7-11-36)59-45(67)20-21-46(68)60-42-13-9-15-44(33(42)2)62-48-56-35(4)58-50(64-48)66-28-24-39(25-29-66)70-31-37-16-18-40(19-17-37)71-51(52,53)54/h5-19,38-39H,20-31H2,1-4H3,(H,59,67)(H,60,68)(H,55,57,61,63)(H,56,58,62,64). The number of aryl methyl sites for hydroxylation is 2. The van der Waals surface area contributed by atoms with Gasteiger partial charge >= 0.3 is 6.36 Å². The lowest BCUT2D eigenvalue weighted by Crippen LogP contribution is -2.38. The van der Waals surface area contributed by atoms with Gasteiger partial charge in [0.2, 0.25) is 35.6 Å². The van der Waals surface area contributed by atoms with Gasteiger partial charge in [-0.2, -0.15) is 29.9 Å². The highest BCUT2D eigenvalue weighted by Crippen LogP contribution is 2.30. The van der Waals surface area contributed by atoms with Gasteiger partial charge in [-0.1, -0.05) is 54.6 Å². The van der Waals surface area contributed by atoms with E-state index in [1.54, 1.807) is 37.3 Å². The lowest BCUT2D eigenvalue weighted by atomic mass is 10.1. The molecule has 0 aliphatic carbocycles. The van der Waals surface area contributed by atoms with Gasteiger partial charge in [0, 0.05) is 61.8 Å². The summed E-state index contributed by atoms with van der Waals surface area (Å²) in [6.07, 6.45) is -1.58. The van der Waals surface area contributed by atoms with E-state index in [9.17, 15) is 22.8 Å². The fourth-order valence-electron chi connectivity index (χ4n) is 8.27. The Morgan fingerprint density at radius 1 is 0.549 bits per heavy atom. The van der Waals surface area contributed by atoms with Crippen molar-refractivity contribution < 1.29 is 37.0 Å². The van der Waals surface area contributed by atoms with Gasteiger partial charge in [0.15, 0.2) is 0 Å². The van der Waals surface area contributed by atoms with E-state index in [0.29, 0.717) is 85.0 Å². The molecule has 0 spiro atoms. The SMILES string of the molecule is Cc1nc(Nc2cccc(NC(=O)CCC(=O)Nc3cccc(Nc4nc(C)nc(N5CCC(OCc6ccc(OC(F)(F)F)cc6)CC5)n4)c3C)c2C)nc(N2CCC(OCc3ccccc3)CC2)n1. The van der Waals surface area contributed by atoms with Gasteiger partial charge in [-0.3, -0.25) is 9.59 Å². The van der Waals surface area contributed by atoms with Crippen LogP contribution in [0.3, 0.4) is 0 Å². The largest absolute Gasteiger partial charge is 0.573 e. The van der Waals surface area contributed by atoms with Crippen molar-refractivity contribution in [1.29, 1.82) is 0 Å². The normalized spacial score (nSPS) is 14.5. The zero-order valence-corrected chi connectivity index (χ0v) is 40.1. The molecule has 4 aromatic carbocycles. The van der Waals surface area contributed by atoms with Crippen LogP contribution in [0, 0.1) is 27.7 Å². The highest BCUT2D eigenvalue weighted by atomic mass is 19.4. The Labute approximate surface area is 410 Å². The predicted molar refractivity (Wildman–Crippen MR) is 264 cm³/mol. The molecule has 17 nitrogen and oxygen atoms in total. The summed E-state index contributed by atoms with van der Waals surface area (Å²) in [5.41, 5.74) is 6.00. The van der Waals surface area contributed by atoms with Crippen molar-refractivity contribution in [2.45, 2.75) is 98.0 Å². The fraction of sp³-hybridized carbons (Fsp3) is 0.373. The van der Waals surface area contributed by atoms with Crippen molar-refractivity contribution in [1.82, 2.24) is 29.9 Å². The first-order valence-electron chi connectivity index (χ1n) is 23.6. The minimum Gasteiger partial charge on any atom is -0.406 e. The average molecular weight is 975 g/mol. The summed E-state index contributed by atoms with van der Waals surface area (Å²) in [4.78, 5) is 58.3. The molecule has 0 saturated carbocycles. The molecule has 2 aliphatic rings. The number of nitrogens with zero attached hydrogens (tertiary/aromatic N) is 8. The number of rotatable bonds is 18. The molecular formula is C51H57F3N12O5. The van der Waals surface area contributed by atoms with E-state index < -0.39 is 6.36 Å². The molecule has 0 atom stereocenters. The maximum atomic E-state index is 13.2. The molecule has 71 heavy (non-hydrogen) atoms. The summed E-state index contributed by atoms with van der Waals surface area (Å²) in [6, 6.07) is 26.8. The van der Waals surface area contributed by atoms with Crippen LogP contribution in [0.5, 0.6) is 5.75 Å². The van der Waals surface area contributed by atoms with E-state index in [0.717, 1.165) is 53.9 Å². The third-order valence-electron chi connectivity index (χ3n) is 12.2. The molecule has 20 heteroatoms. The first-order chi connectivity index (χ1) is 34.2. The summed E-state index contributed by atoms with van der Waals surface area (Å²) in [5, 5.41) is 12.5. The highest BCUT2D eigenvalue weighted by molar-refractivity contribution is 5.98. The number of aromatic nitrogens is 6. The molecule has 2 saturated heterocycles. The molecule has 0 radical (unpaired) electrons. The Balaban J connectivity index is 0.789. The quantitative estimate of drug-likeness (QED) is 0.0636. The molecule has 0 unspecified atom stereocenters. The topological polar surface area (TPSA) is 194 Å². The van der Waals surface area contributed by atoms with Gasteiger partial charge in [-0.05, 0) is 112 Å². The van der Waals surface area contributed by atoms with Crippen molar-refractivity contribution in [3.8, 4) is 5.75 Å². The van der Waals surface area contributed by atoms with Crippen LogP contribution in [-0.4, -0.2) is 86.5 Å². The summed E-state index contributed by atoms with van der Waals surface area (Å²) in [7, 11) is 0. The lowest BCUT2D eigenvalue weighted by Gasteiger charge is -2.32. The fourth-order valence-corrected chi connectivity index (χ4v) is 8.27. The van der Waals surface area contributed by atoms with Crippen LogP contribution in [0.1, 0.15) is 72.4 Å². The van der Waals surface area contributed by atoms with E-state index in [2.05, 4.69) is 67.9 Å². The van der Waals surface area contributed by atoms with Crippen LogP contribution in [0.15, 0.2) is 91.0 Å². The number of piperidine rings is 2. The van der Waals surface area contributed by atoms with E-state index in [1.165, 1.54) is 12.1 Å². The van der Waals surface area contributed by atoms with Crippen LogP contribution in [-0.2, 0) is 32.3 Å². The van der Waals surface area contributed by atoms with E-state index in [4.69, 9.17) is 19.4 Å². The summed E-state index contributed by atoms with van der Waals surface area (Å²) in [5.74, 6) is 2.04. The molecule has 2 amide bonds. The van der Waals surface area contributed by atoms with Crippen molar-refractivity contribution in [3.05, 3.63) is 125 Å². The minimum atomic E-state index is -4.74. The molecule has 6 aromatic rings. The zero-order valence-electron chi connectivity index (χ0n) is 40.1. The third-order valence-corrected chi connectivity index (χ3v) is 12.2. The number of hydrogen-bond acceptors (Lipinski definition) is 15. The summed E-state index contributed by atoms with van der Waals surface area (Å²) in [6.45, 7) is 11.0. The van der Waals surface area contributed by atoms with Crippen LogP contribution in [0.2, 0.25) is 0 Å². The van der Waals surface area contributed by atoms with E-state index >= 15 is 0 Å². The van der Waals surface area contributed by atoms with Crippen molar-refractivity contribution in [3.63, 3.8) is 0 Å². The van der Waals surface area contributed by atoms with Crippen LogP contribution in [0.25, 0.3) is 0 Å². The van der Waals surface area contributed by atoms with Crippen LogP contribution < -0.4 is 35.8 Å². The number of carbonyl (C=O) groups excluding carboxylic acids is 2. The van der Waals surface area contributed by atoms with Crippen molar-refractivity contribution in [2.24, 2.45) is 0 Å². The summed E-state index contributed by atoms with van der Waals surface area (Å²) >= 11 is 0. The van der Waals surface area contributed by atoms with E-state index in [1.807, 2.05) is 57.2 Å². The number of amides is 2. The van der Waals surface area contributed by atoms with Crippen molar-refractivity contribution >= 4 is 58.4 Å². The maximum Gasteiger partial charge on any atom is 0.573 e. The maximum absolute atomic E-state index is 13.2. The number of anilines is 8. The lowest BCUT2D eigenvalue weighted by molar-refractivity contribution is -0.274. The van der Waals surface area contributed by atoms with Crippen LogP contribution in [0.4, 0.5) is 59.7 Å². The molecule has 2 fully saturated rings. The molecule has 4 N–H and O–H groups in total. The number of alkyl halides is 3. The number of benzene rings is 4. The second-order valence-electron chi connectivity index (χ2n) is 17.5. The number of ether oxygens (including phenoxy) is 3. The van der Waals surface area contributed by atoms with Gasteiger partial charge < -0.3 is 45.3 Å². The zero-order chi connectivity index (χ0) is 49.9.